The zero-order valence-corrected chi connectivity index (χ0v) is 8.13. The van der Waals surface area contributed by atoms with E-state index in [0.29, 0.717) is 5.75 Å². The smallest absolute Gasteiger partial charge is 0.186 e. The zero-order chi connectivity index (χ0) is 10.7. The Morgan fingerprint density at radius 2 is 1.73 bits per heavy atom. The third-order valence-electron chi connectivity index (χ3n) is 2.14. The first-order chi connectivity index (χ1) is 7.27. The number of hydrogen-bond acceptors (Lipinski definition) is 3. The monoisotopic (exact) mass is 204 g/mol. The Balaban J connectivity index is 2.34. The lowest BCUT2D eigenvalue weighted by molar-refractivity contribution is -0.0677. The number of ether oxygens (including phenoxy) is 1. The first-order valence-corrected chi connectivity index (χ1v) is 4.74. The minimum absolute atomic E-state index is 0.117. The van der Waals surface area contributed by atoms with Crippen molar-refractivity contribution in [3.8, 4) is 5.75 Å². The SMILES string of the molecule is OC(O)COc1cccc2ccccc12. The topological polar surface area (TPSA) is 49.7 Å². The lowest BCUT2D eigenvalue weighted by Crippen LogP contribution is -2.16. The lowest BCUT2D eigenvalue weighted by atomic mass is 10.1. The predicted octanol–water partition coefficient (Wildman–Crippen LogP) is 1.53. The summed E-state index contributed by atoms with van der Waals surface area (Å²) in [4.78, 5) is 0. The van der Waals surface area contributed by atoms with E-state index in [4.69, 9.17) is 14.9 Å². The van der Waals surface area contributed by atoms with Crippen molar-refractivity contribution in [3.63, 3.8) is 0 Å². The van der Waals surface area contributed by atoms with Crippen molar-refractivity contribution in [2.24, 2.45) is 0 Å². The van der Waals surface area contributed by atoms with Crippen molar-refractivity contribution >= 4 is 10.8 Å². The molecule has 2 aromatic rings. The second-order valence-electron chi connectivity index (χ2n) is 3.27. The molecule has 0 fully saturated rings. The molecule has 15 heavy (non-hydrogen) atoms. The van der Waals surface area contributed by atoms with Crippen LogP contribution in [-0.2, 0) is 0 Å². The highest BCUT2D eigenvalue weighted by atomic mass is 16.5. The number of aliphatic hydroxyl groups is 2. The maximum atomic E-state index is 8.72. The average molecular weight is 204 g/mol. The molecule has 0 aliphatic heterocycles. The molecule has 0 atom stereocenters. The molecule has 0 amide bonds. The second-order valence-corrected chi connectivity index (χ2v) is 3.27. The van der Waals surface area contributed by atoms with Gasteiger partial charge in [-0.05, 0) is 11.5 Å². The molecule has 0 unspecified atom stereocenters. The van der Waals surface area contributed by atoms with Crippen LogP contribution < -0.4 is 4.74 Å². The van der Waals surface area contributed by atoms with Gasteiger partial charge in [-0.3, -0.25) is 0 Å². The third-order valence-corrected chi connectivity index (χ3v) is 2.14. The van der Waals surface area contributed by atoms with Gasteiger partial charge in [0.15, 0.2) is 6.29 Å². The minimum Gasteiger partial charge on any atom is -0.488 e. The van der Waals surface area contributed by atoms with Crippen LogP contribution in [0.2, 0.25) is 0 Å². The summed E-state index contributed by atoms with van der Waals surface area (Å²) in [5.74, 6) is 0.668. The fourth-order valence-corrected chi connectivity index (χ4v) is 1.49. The fraction of sp³-hybridized carbons (Fsp3) is 0.167. The molecule has 0 aliphatic rings. The third kappa shape index (κ3) is 2.26. The minimum atomic E-state index is -1.44. The van der Waals surface area contributed by atoms with Gasteiger partial charge < -0.3 is 14.9 Å². The molecule has 0 spiro atoms. The van der Waals surface area contributed by atoms with Gasteiger partial charge in [0.25, 0.3) is 0 Å². The molecule has 3 nitrogen and oxygen atoms in total. The Morgan fingerprint density at radius 3 is 2.53 bits per heavy atom. The normalized spacial score (nSPS) is 10.9. The molecule has 0 heterocycles. The van der Waals surface area contributed by atoms with Gasteiger partial charge in [0, 0.05) is 5.39 Å². The number of rotatable bonds is 3. The highest BCUT2D eigenvalue weighted by Gasteiger charge is 2.03. The van der Waals surface area contributed by atoms with Crippen LogP contribution in [0.25, 0.3) is 10.8 Å². The summed E-state index contributed by atoms with van der Waals surface area (Å²) in [6.45, 7) is -0.117. The first kappa shape index (κ1) is 9.96. The number of aliphatic hydroxyl groups excluding tert-OH is 1. The van der Waals surface area contributed by atoms with Crippen LogP contribution >= 0.6 is 0 Å². The van der Waals surface area contributed by atoms with Crippen LogP contribution in [0.5, 0.6) is 5.75 Å². The molecule has 0 aliphatic carbocycles. The molecule has 0 saturated heterocycles. The molecule has 78 valence electrons. The first-order valence-electron chi connectivity index (χ1n) is 4.74. The van der Waals surface area contributed by atoms with Gasteiger partial charge in [-0.1, -0.05) is 36.4 Å². The Morgan fingerprint density at radius 1 is 1.00 bits per heavy atom. The van der Waals surface area contributed by atoms with E-state index >= 15 is 0 Å². The van der Waals surface area contributed by atoms with E-state index in [2.05, 4.69) is 0 Å². The molecule has 2 rings (SSSR count). The molecule has 2 aromatic carbocycles. The van der Waals surface area contributed by atoms with Crippen LogP contribution in [0.1, 0.15) is 0 Å². The van der Waals surface area contributed by atoms with E-state index in [1.807, 2.05) is 42.5 Å². The quantitative estimate of drug-likeness (QED) is 0.745. The van der Waals surface area contributed by atoms with Crippen LogP contribution in [0.4, 0.5) is 0 Å². The largest absolute Gasteiger partial charge is 0.488 e. The summed E-state index contributed by atoms with van der Waals surface area (Å²) in [6, 6.07) is 13.5. The standard InChI is InChI=1S/C12H12O3/c13-12(14)8-15-11-7-3-5-9-4-1-2-6-10(9)11/h1-7,12-14H,8H2. The van der Waals surface area contributed by atoms with Crippen molar-refractivity contribution in [1.29, 1.82) is 0 Å². The Kier molecular flexibility index (Phi) is 2.85. The van der Waals surface area contributed by atoms with Crippen LogP contribution in [0.3, 0.4) is 0 Å². The van der Waals surface area contributed by atoms with Crippen molar-refractivity contribution < 1.29 is 14.9 Å². The fourth-order valence-electron chi connectivity index (χ4n) is 1.49. The average Bonchev–Trinajstić information content (AvgIpc) is 2.26. The van der Waals surface area contributed by atoms with Crippen LogP contribution in [-0.4, -0.2) is 23.1 Å². The van der Waals surface area contributed by atoms with Gasteiger partial charge >= 0.3 is 0 Å². The van der Waals surface area contributed by atoms with E-state index in [-0.39, 0.29) is 6.61 Å². The summed E-state index contributed by atoms with van der Waals surface area (Å²) in [5.41, 5.74) is 0. The molecule has 0 aromatic heterocycles. The summed E-state index contributed by atoms with van der Waals surface area (Å²) in [5, 5.41) is 19.5. The van der Waals surface area contributed by atoms with Crippen molar-refractivity contribution in [2.45, 2.75) is 6.29 Å². The number of hydrogen-bond donors (Lipinski definition) is 2. The maximum Gasteiger partial charge on any atom is 0.186 e. The second kappa shape index (κ2) is 4.29. The summed E-state index contributed by atoms with van der Waals surface area (Å²) >= 11 is 0. The summed E-state index contributed by atoms with van der Waals surface area (Å²) in [7, 11) is 0. The number of fused-ring (bicyclic) bond motifs is 1. The van der Waals surface area contributed by atoms with E-state index in [1.165, 1.54) is 0 Å². The molecular weight excluding hydrogens is 192 g/mol. The summed E-state index contributed by atoms with van der Waals surface area (Å²) < 4.78 is 5.28. The van der Waals surface area contributed by atoms with Crippen molar-refractivity contribution in [3.05, 3.63) is 42.5 Å². The van der Waals surface area contributed by atoms with Gasteiger partial charge in [-0.25, -0.2) is 0 Å². The maximum absolute atomic E-state index is 8.72. The van der Waals surface area contributed by atoms with E-state index in [9.17, 15) is 0 Å². The predicted molar refractivity (Wildman–Crippen MR) is 57.7 cm³/mol. The zero-order valence-electron chi connectivity index (χ0n) is 8.13. The molecule has 0 radical (unpaired) electrons. The van der Waals surface area contributed by atoms with Crippen LogP contribution in [0.15, 0.2) is 42.5 Å². The highest BCUT2D eigenvalue weighted by Crippen LogP contribution is 2.24. The summed E-state index contributed by atoms with van der Waals surface area (Å²) in [6.07, 6.45) is -1.44. The van der Waals surface area contributed by atoms with Crippen LogP contribution in [0, 0.1) is 0 Å². The Hall–Kier alpha value is -1.58. The molecular formula is C12H12O3. The Labute approximate surface area is 87.5 Å². The molecule has 3 heteroatoms. The molecule has 2 N–H and O–H groups in total. The lowest BCUT2D eigenvalue weighted by Gasteiger charge is -2.09. The van der Waals surface area contributed by atoms with Gasteiger partial charge in [0.1, 0.15) is 12.4 Å². The Bertz CT molecular complexity index is 446. The highest BCUT2D eigenvalue weighted by molar-refractivity contribution is 5.88. The van der Waals surface area contributed by atoms with E-state index in [1.54, 1.807) is 0 Å². The van der Waals surface area contributed by atoms with E-state index < -0.39 is 6.29 Å². The van der Waals surface area contributed by atoms with Crippen molar-refractivity contribution in [1.82, 2.24) is 0 Å². The van der Waals surface area contributed by atoms with Gasteiger partial charge in [0.05, 0.1) is 0 Å². The number of benzene rings is 2. The van der Waals surface area contributed by atoms with Gasteiger partial charge in [-0.2, -0.15) is 0 Å². The van der Waals surface area contributed by atoms with E-state index in [0.717, 1.165) is 10.8 Å². The van der Waals surface area contributed by atoms with Gasteiger partial charge in [-0.15, -0.1) is 0 Å². The molecule has 0 saturated carbocycles. The van der Waals surface area contributed by atoms with Gasteiger partial charge in [0.2, 0.25) is 0 Å². The molecule has 0 bridgehead atoms. The van der Waals surface area contributed by atoms with Crippen molar-refractivity contribution in [2.75, 3.05) is 6.61 Å².